The molecule has 0 radical (unpaired) electrons. The summed E-state index contributed by atoms with van der Waals surface area (Å²) in [7, 11) is 0. The lowest BCUT2D eigenvalue weighted by atomic mass is 9.74. The van der Waals surface area contributed by atoms with Gasteiger partial charge in [-0.05, 0) is 92.2 Å². The summed E-state index contributed by atoms with van der Waals surface area (Å²) in [6.45, 7) is 7.33. The van der Waals surface area contributed by atoms with Gasteiger partial charge in [0.15, 0.2) is 6.29 Å². The van der Waals surface area contributed by atoms with Gasteiger partial charge in [-0.25, -0.2) is 0 Å². The molecule has 144 valence electrons. The van der Waals surface area contributed by atoms with Crippen LogP contribution in [0.15, 0.2) is 24.3 Å². The lowest BCUT2D eigenvalue weighted by Crippen LogP contribution is -2.30. The van der Waals surface area contributed by atoms with Gasteiger partial charge in [0.05, 0.1) is 0 Å². The molecule has 0 heterocycles. The van der Waals surface area contributed by atoms with Crippen LogP contribution in [-0.2, 0) is 4.74 Å². The largest absolute Gasteiger partial charge is 0.465 e. The van der Waals surface area contributed by atoms with Gasteiger partial charge in [-0.15, -0.1) is 0 Å². The minimum atomic E-state index is -0.0846. The molecule has 0 amide bonds. The van der Waals surface area contributed by atoms with Crippen molar-refractivity contribution in [2.24, 2.45) is 29.6 Å². The minimum Gasteiger partial charge on any atom is -0.465 e. The second kappa shape index (κ2) is 7.92. The van der Waals surface area contributed by atoms with E-state index in [9.17, 15) is 0 Å². The van der Waals surface area contributed by atoms with E-state index in [2.05, 4.69) is 45.0 Å². The molecule has 4 rings (SSSR count). The number of benzene rings is 1. The highest BCUT2D eigenvalue weighted by Gasteiger charge is 2.53. The van der Waals surface area contributed by atoms with E-state index < -0.39 is 0 Å². The Morgan fingerprint density at radius 3 is 2.50 bits per heavy atom. The summed E-state index contributed by atoms with van der Waals surface area (Å²) in [6, 6.07) is 8.68. The molecule has 0 spiro atoms. The monoisotopic (exact) mass is 356 g/mol. The summed E-state index contributed by atoms with van der Waals surface area (Å²) >= 11 is 0. The summed E-state index contributed by atoms with van der Waals surface area (Å²) in [6.07, 6.45) is 9.54. The molecule has 2 nitrogen and oxygen atoms in total. The number of fused-ring (bicyclic) bond motifs is 5. The lowest BCUT2D eigenvalue weighted by Gasteiger charge is -2.33. The van der Waals surface area contributed by atoms with Crippen molar-refractivity contribution < 1.29 is 9.47 Å². The maximum atomic E-state index is 6.28. The lowest BCUT2D eigenvalue weighted by molar-refractivity contribution is -0.0941. The Morgan fingerprint density at radius 1 is 1.00 bits per heavy atom. The van der Waals surface area contributed by atoms with E-state index in [-0.39, 0.29) is 6.29 Å². The molecule has 3 saturated carbocycles. The van der Waals surface area contributed by atoms with Crippen molar-refractivity contribution in [2.75, 3.05) is 6.61 Å². The van der Waals surface area contributed by atoms with Crippen LogP contribution in [0.1, 0.15) is 77.2 Å². The molecule has 2 heteroatoms. The van der Waals surface area contributed by atoms with Crippen molar-refractivity contribution >= 4 is 0 Å². The fourth-order valence-corrected chi connectivity index (χ4v) is 6.33. The fraction of sp³-hybridized carbons (Fsp3) is 0.750. The Hall–Kier alpha value is -1.02. The predicted molar refractivity (Wildman–Crippen MR) is 106 cm³/mol. The zero-order chi connectivity index (χ0) is 18.1. The summed E-state index contributed by atoms with van der Waals surface area (Å²) < 4.78 is 12.3. The van der Waals surface area contributed by atoms with E-state index in [1.807, 2.05) is 0 Å². The Kier molecular flexibility index (Phi) is 5.59. The van der Waals surface area contributed by atoms with Gasteiger partial charge in [0.25, 0.3) is 0 Å². The van der Waals surface area contributed by atoms with Crippen molar-refractivity contribution in [3.05, 3.63) is 29.8 Å². The van der Waals surface area contributed by atoms with Gasteiger partial charge in [0.2, 0.25) is 0 Å². The second-order valence-electron chi connectivity index (χ2n) is 9.03. The SMILES string of the molecule is CCOC(CC1CC2CC1C1CCCC21)Oc1ccc(C(C)CC)cc1. The van der Waals surface area contributed by atoms with E-state index in [1.165, 1.54) is 44.1 Å². The van der Waals surface area contributed by atoms with Gasteiger partial charge in [0.1, 0.15) is 5.75 Å². The maximum Gasteiger partial charge on any atom is 0.200 e. The van der Waals surface area contributed by atoms with Gasteiger partial charge in [-0.1, -0.05) is 32.4 Å². The molecule has 3 fully saturated rings. The number of hydrogen-bond donors (Lipinski definition) is 0. The molecule has 0 aliphatic heterocycles. The van der Waals surface area contributed by atoms with Gasteiger partial charge < -0.3 is 9.47 Å². The van der Waals surface area contributed by atoms with Gasteiger partial charge >= 0.3 is 0 Å². The Balaban J connectivity index is 1.37. The van der Waals surface area contributed by atoms with Crippen molar-refractivity contribution in [1.82, 2.24) is 0 Å². The normalized spacial score (nSPS) is 34.7. The zero-order valence-corrected chi connectivity index (χ0v) is 16.8. The highest BCUT2D eigenvalue weighted by atomic mass is 16.7. The molecule has 1 aromatic carbocycles. The van der Waals surface area contributed by atoms with Gasteiger partial charge in [-0.3, -0.25) is 0 Å². The Morgan fingerprint density at radius 2 is 1.77 bits per heavy atom. The zero-order valence-electron chi connectivity index (χ0n) is 16.8. The molecular formula is C24H36O2. The summed E-state index contributed by atoms with van der Waals surface area (Å²) in [5.74, 6) is 6.43. The van der Waals surface area contributed by atoms with E-state index in [4.69, 9.17) is 9.47 Å². The van der Waals surface area contributed by atoms with Crippen LogP contribution in [0.2, 0.25) is 0 Å². The van der Waals surface area contributed by atoms with E-state index in [1.54, 1.807) is 0 Å². The highest BCUT2D eigenvalue weighted by molar-refractivity contribution is 5.29. The third kappa shape index (κ3) is 3.54. The molecule has 0 N–H and O–H groups in total. The van der Waals surface area contributed by atoms with E-state index in [0.717, 1.165) is 48.4 Å². The number of ether oxygens (including phenoxy) is 2. The molecular weight excluding hydrogens is 320 g/mol. The molecule has 3 aliphatic rings. The van der Waals surface area contributed by atoms with Crippen LogP contribution in [0.5, 0.6) is 5.75 Å². The Bertz CT molecular complexity index is 580. The molecule has 3 aliphatic carbocycles. The molecule has 0 saturated heterocycles. The van der Waals surface area contributed by atoms with Crippen LogP contribution in [-0.4, -0.2) is 12.9 Å². The third-order valence-electron chi connectivity index (χ3n) is 7.74. The Labute approximate surface area is 159 Å². The van der Waals surface area contributed by atoms with Crippen LogP contribution in [0, 0.1) is 29.6 Å². The predicted octanol–water partition coefficient (Wildman–Crippen LogP) is 6.40. The van der Waals surface area contributed by atoms with Crippen LogP contribution in [0.4, 0.5) is 0 Å². The molecule has 26 heavy (non-hydrogen) atoms. The van der Waals surface area contributed by atoms with E-state index in [0.29, 0.717) is 5.92 Å². The first-order valence-electron chi connectivity index (χ1n) is 11.1. The minimum absolute atomic E-state index is 0.0846. The number of hydrogen-bond acceptors (Lipinski definition) is 2. The summed E-state index contributed by atoms with van der Waals surface area (Å²) in [5, 5.41) is 0. The van der Waals surface area contributed by atoms with Crippen molar-refractivity contribution in [2.45, 2.75) is 77.9 Å². The third-order valence-corrected chi connectivity index (χ3v) is 7.74. The molecule has 1 aromatic rings. The smallest absolute Gasteiger partial charge is 0.200 e. The van der Waals surface area contributed by atoms with Crippen molar-refractivity contribution in [3.63, 3.8) is 0 Å². The first-order valence-corrected chi connectivity index (χ1v) is 11.1. The quantitative estimate of drug-likeness (QED) is 0.501. The average molecular weight is 357 g/mol. The molecule has 2 bridgehead atoms. The van der Waals surface area contributed by atoms with Gasteiger partial charge in [-0.2, -0.15) is 0 Å². The second-order valence-corrected chi connectivity index (χ2v) is 9.03. The molecule has 7 atom stereocenters. The fourth-order valence-electron chi connectivity index (χ4n) is 6.33. The topological polar surface area (TPSA) is 18.5 Å². The first kappa shape index (κ1) is 18.3. The molecule has 7 unspecified atom stereocenters. The standard InChI is InChI=1S/C24H36O2/c1-4-16(3)17-9-11-20(12-10-17)26-24(25-5-2)15-19-13-18-14-23(19)22-8-6-7-21(18)22/h9-12,16,18-19,21-24H,4-8,13-15H2,1-3H3. The maximum absolute atomic E-state index is 6.28. The highest BCUT2D eigenvalue weighted by Crippen LogP contribution is 2.61. The van der Waals surface area contributed by atoms with Crippen LogP contribution in [0.3, 0.4) is 0 Å². The van der Waals surface area contributed by atoms with Crippen molar-refractivity contribution in [1.29, 1.82) is 0 Å². The number of rotatable bonds is 8. The summed E-state index contributed by atoms with van der Waals surface area (Å²) in [5.41, 5.74) is 1.40. The first-order chi connectivity index (χ1) is 12.7. The van der Waals surface area contributed by atoms with Crippen LogP contribution in [0.25, 0.3) is 0 Å². The average Bonchev–Trinajstić information content (AvgIpc) is 3.35. The van der Waals surface area contributed by atoms with Crippen LogP contribution >= 0.6 is 0 Å². The summed E-state index contributed by atoms with van der Waals surface area (Å²) in [4.78, 5) is 0. The van der Waals surface area contributed by atoms with Crippen molar-refractivity contribution in [3.8, 4) is 5.75 Å². The van der Waals surface area contributed by atoms with Crippen LogP contribution < -0.4 is 4.74 Å². The van der Waals surface area contributed by atoms with Gasteiger partial charge in [0, 0.05) is 13.0 Å². The molecule has 0 aromatic heterocycles. The van der Waals surface area contributed by atoms with E-state index >= 15 is 0 Å².